The lowest BCUT2D eigenvalue weighted by Crippen LogP contribution is -2.25. The molecule has 1 aliphatic carbocycles. The minimum absolute atomic E-state index is 0.536. The minimum Gasteiger partial charge on any atom is -0.292 e. The zero-order chi connectivity index (χ0) is 13.9. The number of hydrogen-bond donors (Lipinski definition) is 0. The highest BCUT2D eigenvalue weighted by Gasteiger charge is 2.29. The summed E-state index contributed by atoms with van der Waals surface area (Å²) in [7, 11) is 0. The molecule has 1 fully saturated rings. The van der Waals surface area contributed by atoms with Crippen molar-refractivity contribution in [3.63, 3.8) is 0 Å². The third kappa shape index (κ3) is 3.69. The van der Waals surface area contributed by atoms with E-state index in [9.17, 15) is 0 Å². The van der Waals surface area contributed by atoms with E-state index < -0.39 is 0 Å². The first-order chi connectivity index (χ1) is 9.70. The maximum atomic E-state index is 5.82. The van der Waals surface area contributed by atoms with Gasteiger partial charge in [0.1, 0.15) is 10.3 Å². The van der Waals surface area contributed by atoms with E-state index in [1.54, 1.807) is 0 Å². The standard InChI is InChI=1S/C15H15Cl2N3/c16-14-5-1-11(7-18-14)9-20(13-3-4-13)10-12-2-6-15(17)19-8-12/h1-2,5-8,13H,3-4,9-10H2. The van der Waals surface area contributed by atoms with Gasteiger partial charge in [-0.3, -0.25) is 4.90 Å². The van der Waals surface area contributed by atoms with Gasteiger partial charge in [-0.05, 0) is 36.1 Å². The SMILES string of the molecule is Clc1ccc(CN(Cc2ccc(Cl)nc2)C2CC2)cn1. The van der Waals surface area contributed by atoms with E-state index in [0.717, 1.165) is 13.1 Å². The van der Waals surface area contributed by atoms with E-state index >= 15 is 0 Å². The van der Waals surface area contributed by atoms with Crippen LogP contribution in [-0.4, -0.2) is 20.9 Å². The summed E-state index contributed by atoms with van der Waals surface area (Å²) in [5.74, 6) is 0. The van der Waals surface area contributed by atoms with Crippen LogP contribution in [0.3, 0.4) is 0 Å². The molecule has 5 heteroatoms. The maximum Gasteiger partial charge on any atom is 0.129 e. The second kappa shape index (κ2) is 6.08. The largest absolute Gasteiger partial charge is 0.292 e. The van der Waals surface area contributed by atoms with E-state index in [0.29, 0.717) is 16.3 Å². The predicted octanol–water partition coefficient (Wildman–Crippen LogP) is 3.95. The lowest BCUT2D eigenvalue weighted by atomic mass is 10.2. The van der Waals surface area contributed by atoms with Gasteiger partial charge < -0.3 is 0 Å². The van der Waals surface area contributed by atoms with Crippen molar-refractivity contribution in [3.8, 4) is 0 Å². The van der Waals surface area contributed by atoms with Gasteiger partial charge in [0.25, 0.3) is 0 Å². The lowest BCUT2D eigenvalue weighted by Gasteiger charge is -2.22. The Bertz CT molecular complexity index is 517. The van der Waals surface area contributed by atoms with Crippen LogP contribution in [0.15, 0.2) is 36.7 Å². The highest BCUT2D eigenvalue weighted by Crippen LogP contribution is 2.29. The highest BCUT2D eigenvalue weighted by atomic mass is 35.5. The Morgan fingerprint density at radius 3 is 1.75 bits per heavy atom. The van der Waals surface area contributed by atoms with E-state index in [2.05, 4.69) is 14.9 Å². The molecule has 3 rings (SSSR count). The molecule has 2 aromatic heterocycles. The number of nitrogens with zero attached hydrogens (tertiary/aromatic N) is 3. The summed E-state index contributed by atoms with van der Waals surface area (Å²) < 4.78 is 0. The number of halogens is 2. The zero-order valence-corrected chi connectivity index (χ0v) is 12.5. The number of hydrogen-bond acceptors (Lipinski definition) is 3. The first kappa shape index (κ1) is 13.8. The van der Waals surface area contributed by atoms with Crippen LogP contribution >= 0.6 is 23.2 Å². The molecule has 2 aromatic rings. The van der Waals surface area contributed by atoms with Gasteiger partial charge in [-0.1, -0.05) is 35.3 Å². The molecule has 0 aliphatic heterocycles. The second-order valence-electron chi connectivity index (χ2n) is 5.11. The van der Waals surface area contributed by atoms with Crippen molar-refractivity contribution in [2.75, 3.05) is 0 Å². The summed E-state index contributed by atoms with van der Waals surface area (Å²) in [5.41, 5.74) is 2.37. The molecule has 1 aliphatic rings. The highest BCUT2D eigenvalue weighted by molar-refractivity contribution is 6.29. The topological polar surface area (TPSA) is 29.0 Å². The van der Waals surface area contributed by atoms with Gasteiger partial charge in [-0.2, -0.15) is 0 Å². The van der Waals surface area contributed by atoms with Gasteiger partial charge in [0.2, 0.25) is 0 Å². The summed E-state index contributed by atoms with van der Waals surface area (Å²) in [6, 6.07) is 8.41. The molecule has 0 bridgehead atoms. The molecule has 0 unspecified atom stereocenters. The average Bonchev–Trinajstić information content (AvgIpc) is 3.27. The van der Waals surface area contributed by atoms with E-state index in [4.69, 9.17) is 23.2 Å². The lowest BCUT2D eigenvalue weighted by molar-refractivity contribution is 0.245. The molecule has 0 N–H and O–H groups in total. The fourth-order valence-corrected chi connectivity index (χ4v) is 2.45. The van der Waals surface area contributed by atoms with Crippen molar-refractivity contribution in [1.29, 1.82) is 0 Å². The molecule has 3 nitrogen and oxygen atoms in total. The maximum absolute atomic E-state index is 5.82. The van der Waals surface area contributed by atoms with Gasteiger partial charge in [0.15, 0.2) is 0 Å². The molecule has 104 valence electrons. The van der Waals surface area contributed by atoms with Crippen molar-refractivity contribution in [2.45, 2.75) is 32.0 Å². The molecule has 0 atom stereocenters. The first-order valence-corrected chi connectivity index (χ1v) is 7.41. The van der Waals surface area contributed by atoms with E-state index in [-0.39, 0.29) is 0 Å². The van der Waals surface area contributed by atoms with E-state index in [1.165, 1.54) is 24.0 Å². The Morgan fingerprint density at radius 2 is 1.40 bits per heavy atom. The van der Waals surface area contributed by atoms with Gasteiger partial charge in [0.05, 0.1) is 0 Å². The molecule has 2 heterocycles. The molecule has 1 saturated carbocycles. The molecular formula is C15H15Cl2N3. The van der Waals surface area contributed by atoms with Crippen LogP contribution in [0.25, 0.3) is 0 Å². The first-order valence-electron chi connectivity index (χ1n) is 6.65. The van der Waals surface area contributed by atoms with Gasteiger partial charge in [-0.15, -0.1) is 0 Å². The normalized spacial score (nSPS) is 14.8. The third-order valence-corrected chi connectivity index (χ3v) is 3.86. The van der Waals surface area contributed by atoms with Crippen LogP contribution in [-0.2, 0) is 13.1 Å². The Balaban J connectivity index is 1.69. The summed E-state index contributed by atoms with van der Waals surface area (Å²) in [6.07, 6.45) is 6.22. The molecule has 0 saturated heterocycles. The molecule has 0 radical (unpaired) electrons. The molecule has 0 spiro atoms. The van der Waals surface area contributed by atoms with Crippen LogP contribution in [0, 0.1) is 0 Å². The van der Waals surface area contributed by atoms with Crippen molar-refractivity contribution in [1.82, 2.24) is 14.9 Å². The van der Waals surface area contributed by atoms with Crippen molar-refractivity contribution in [2.24, 2.45) is 0 Å². The van der Waals surface area contributed by atoms with Crippen LogP contribution in [0.5, 0.6) is 0 Å². The fraction of sp³-hybridized carbons (Fsp3) is 0.333. The fourth-order valence-electron chi connectivity index (χ4n) is 2.22. The van der Waals surface area contributed by atoms with Crippen LogP contribution in [0.2, 0.25) is 10.3 Å². The predicted molar refractivity (Wildman–Crippen MR) is 80.8 cm³/mol. The summed E-state index contributed by atoms with van der Waals surface area (Å²) in [5, 5.41) is 1.07. The van der Waals surface area contributed by atoms with Crippen LogP contribution in [0.1, 0.15) is 24.0 Å². The summed E-state index contributed by atoms with van der Waals surface area (Å²) in [4.78, 5) is 10.7. The van der Waals surface area contributed by atoms with Crippen molar-refractivity contribution >= 4 is 23.2 Å². The molecule has 0 aromatic carbocycles. The van der Waals surface area contributed by atoms with Gasteiger partial charge in [-0.25, -0.2) is 9.97 Å². The Morgan fingerprint density at radius 1 is 0.900 bits per heavy atom. The van der Waals surface area contributed by atoms with Crippen LogP contribution < -0.4 is 0 Å². The van der Waals surface area contributed by atoms with Crippen molar-refractivity contribution < 1.29 is 0 Å². The summed E-state index contributed by atoms with van der Waals surface area (Å²) >= 11 is 11.6. The van der Waals surface area contributed by atoms with Gasteiger partial charge >= 0.3 is 0 Å². The smallest absolute Gasteiger partial charge is 0.129 e. The second-order valence-corrected chi connectivity index (χ2v) is 5.89. The van der Waals surface area contributed by atoms with Gasteiger partial charge in [0, 0.05) is 31.5 Å². The minimum atomic E-state index is 0.536. The quantitative estimate of drug-likeness (QED) is 0.783. The zero-order valence-electron chi connectivity index (χ0n) is 11.0. The third-order valence-electron chi connectivity index (χ3n) is 3.41. The monoisotopic (exact) mass is 307 g/mol. The van der Waals surface area contributed by atoms with E-state index in [1.807, 2.05) is 36.7 Å². The van der Waals surface area contributed by atoms with Crippen LogP contribution in [0.4, 0.5) is 0 Å². The number of aromatic nitrogens is 2. The molecular weight excluding hydrogens is 293 g/mol. The molecule has 0 amide bonds. The number of pyridine rings is 2. The Hall–Kier alpha value is -1.16. The summed E-state index contributed by atoms with van der Waals surface area (Å²) in [6.45, 7) is 1.77. The van der Waals surface area contributed by atoms with Crippen molar-refractivity contribution in [3.05, 3.63) is 58.1 Å². The Kier molecular flexibility index (Phi) is 4.20. The number of rotatable bonds is 5. The average molecular weight is 308 g/mol. The Labute approximate surface area is 128 Å². The molecule has 20 heavy (non-hydrogen) atoms.